The van der Waals surface area contributed by atoms with Gasteiger partial charge in [-0.25, -0.2) is 0 Å². The van der Waals surface area contributed by atoms with Gasteiger partial charge in [0.25, 0.3) is 0 Å². The minimum Gasteiger partial charge on any atom is -0.508 e. The number of rotatable bonds is 1. The van der Waals surface area contributed by atoms with E-state index in [4.69, 9.17) is 4.42 Å². The Morgan fingerprint density at radius 3 is 2.23 bits per heavy atom. The smallest absolute Gasteiger partial charge is 0.238 e. The molecule has 0 unspecified atom stereocenters. The average Bonchev–Trinajstić information content (AvgIpc) is 2.48. The quantitative estimate of drug-likeness (QED) is 0.514. The molecule has 0 spiro atoms. The van der Waals surface area contributed by atoms with E-state index in [2.05, 4.69) is 0 Å². The molecule has 1 heterocycles. The highest BCUT2D eigenvalue weighted by Gasteiger charge is 2.21. The first-order valence-electron chi connectivity index (χ1n) is 6.41. The molecule has 0 fully saturated rings. The van der Waals surface area contributed by atoms with Gasteiger partial charge in [0.2, 0.25) is 11.2 Å². The van der Waals surface area contributed by atoms with Crippen LogP contribution in [-0.2, 0) is 0 Å². The summed E-state index contributed by atoms with van der Waals surface area (Å²) in [7, 11) is 0. The largest absolute Gasteiger partial charge is 0.508 e. The average molecular weight is 300 g/mol. The Kier molecular flexibility index (Phi) is 2.95. The molecule has 22 heavy (non-hydrogen) atoms. The summed E-state index contributed by atoms with van der Waals surface area (Å²) in [5.74, 6) is -1.83. The molecule has 2 aromatic carbocycles. The normalized spacial score (nSPS) is 11.0. The maximum atomic E-state index is 12.3. The van der Waals surface area contributed by atoms with Crippen LogP contribution in [-0.4, -0.2) is 20.4 Å². The molecule has 3 rings (SSSR count). The Balaban J connectivity index is 2.42. The number of phenolic OH excluding ortho intramolecular Hbond substituents is 3. The Bertz CT molecular complexity index is 938. The second-order valence-corrected chi connectivity index (χ2v) is 4.92. The summed E-state index contributed by atoms with van der Waals surface area (Å²) < 4.78 is 5.56. The summed E-state index contributed by atoms with van der Waals surface area (Å²) in [6, 6.07) is 7.00. The summed E-state index contributed by atoms with van der Waals surface area (Å²) in [5.41, 5.74) is 0.0469. The lowest BCUT2D eigenvalue weighted by molar-refractivity contribution is 0.404. The van der Waals surface area contributed by atoms with Gasteiger partial charge in [0.05, 0.1) is 0 Å². The van der Waals surface area contributed by atoms with Crippen LogP contribution in [0.2, 0.25) is 0 Å². The van der Waals surface area contributed by atoms with E-state index in [0.717, 1.165) is 0 Å². The van der Waals surface area contributed by atoms with Crippen molar-refractivity contribution in [3.05, 3.63) is 46.1 Å². The van der Waals surface area contributed by atoms with Gasteiger partial charge in [-0.2, -0.15) is 0 Å². The zero-order chi connectivity index (χ0) is 16.0. The lowest BCUT2D eigenvalue weighted by Gasteiger charge is -2.10. The third-order valence-corrected chi connectivity index (χ3v) is 3.41. The van der Waals surface area contributed by atoms with E-state index >= 15 is 0 Å². The third-order valence-electron chi connectivity index (χ3n) is 3.41. The Labute approximate surface area is 124 Å². The topological polar surface area (TPSA) is 111 Å². The van der Waals surface area contributed by atoms with Crippen molar-refractivity contribution in [1.82, 2.24) is 0 Å². The van der Waals surface area contributed by atoms with Gasteiger partial charge in [-0.1, -0.05) is 0 Å². The van der Waals surface area contributed by atoms with Crippen molar-refractivity contribution in [3.63, 3.8) is 0 Å². The second-order valence-electron chi connectivity index (χ2n) is 4.92. The SMILES string of the molecule is Cc1cc(O)c(O)c2c(=O)c(O)c(-c3ccc(O)cc3)oc12. The minimum atomic E-state index is -0.846. The molecule has 0 aliphatic heterocycles. The summed E-state index contributed by atoms with van der Waals surface area (Å²) >= 11 is 0. The molecule has 0 amide bonds. The lowest BCUT2D eigenvalue weighted by atomic mass is 10.1. The molecule has 1 aromatic heterocycles. The summed E-state index contributed by atoms with van der Waals surface area (Å²) in [5, 5.41) is 38.5. The Morgan fingerprint density at radius 2 is 1.59 bits per heavy atom. The zero-order valence-electron chi connectivity index (χ0n) is 11.5. The first-order valence-corrected chi connectivity index (χ1v) is 6.41. The number of aromatic hydroxyl groups is 4. The summed E-state index contributed by atoms with van der Waals surface area (Å²) in [6.07, 6.45) is 0. The van der Waals surface area contributed by atoms with Gasteiger partial charge in [0.1, 0.15) is 16.7 Å². The number of aryl methyl sites for hydroxylation is 1. The molecule has 6 heteroatoms. The molecular formula is C16H12O6. The van der Waals surface area contributed by atoms with Crippen molar-refractivity contribution < 1.29 is 24.8 Å². The first-order chi connectivity index (χ1) is 10.4. The van der Waals surface area contributed by atoms with Crippen LogP contribution in [0.4, 0.5) is 0 Å². The maximum Gasteiger partial charge on any atom is 0.238 e. The summed E-state index contributed by atoms with van der Waals surface area (Å²) in [4.78, 5) is 12.3. The van der Waals surface area contributed by atoms with Crippen LogP contribution in [0.15, 0.2) is 39.5 Å². The van der Waals surface area contributed by atoms with E-state index in [1.165, 1.54) is 30.3 Å². The molecule has 3 aromatic rings. The van der Waals surface area contributed by atoms with Crippen LogP contribution >= 0.6 is 0 Å². The second kappa shape index (κ2) is 4.70. The molecule has 4 N–H and O–H groups in total. The van der Waals surface area contributed by atoms with Crippen molar-refractivity contribution in [2.45, 2.75) is 6.92 Å². The molecule has 0 saturated carbocycles. The molecule has 0 saturated heterocycles. The predicted molar refractivity (Wildman–Crippen MR) is 79.3 cm³/mol. The third kappa shape index (κ3) is 1.93. The molecular weight excluding hydrogens is 288 g/mol. The molecule has 0 aliphatic carbocycles. The molecule has 0 atom stereocenters. The fraction of sp³-hybridized carbons (Fsp3) is 0.0625. The van der Waals surface area contributed by atoms with Crippen LogP contribution in [0.5, 0.6) is 23.0 Å². The van der Waals surface area contributed by atoms with Gasteiger partial charge in [-0.15, -0.1) is 0 Å². The van der Waals surface area contributed by atoms with E-state index in [1.807, 2.05) is 0 Å². The van der Waals surface area contributed by atoms with Crippen LogP contribution in [0, 0.1) is 6.92 Å². The van der Waals surface area contributed by atoms with E-state index in [0.29, 0.717) is 11.1 Å². The molecule has 6 nitrogen and oxygen atoms in total. The fourth-order valence-electron chi connectivity index (χ4n) is 2.29. The van der Waals surface area contributed by atoms with Gasteiger partial charge in [0, 0.05) is 5.56 Å². The number of hydrogen-bond donors (Lipinski definition) is 4. The number of hydrogen-bond acceptors (Lipinski definition) is 6. The molecule has 0 bridgehead atoms. The van der Waals surface area contributed by atoms with Gasteiger partial charge in [-0.3, -0.25) is 4.79 Å². The molecule has 0 aliphatic rings. The van der Waals surface area contributed by atoms with Gasteiger partial charge in [-0.05, 0) is 42.8 Å². The monoisotopic (exact) mass is 300 g/mol. The Hall–Kier alpha value is -3.15. The number of phenols is 3. The maximum absolute atomic E-state index is 12.3. The van der Waals surface area contributed by atoms with E-state index < -0.39 is 22.7 Å². The highest BCUT2D eigenvalue weighted by atomic mass is 16.4. The van der Waals surface area contributed by atoms with Crippen molar-refractivity contribution in [2.24, 2.45) is 0 Å². The standard InChI is InChI=1S/C16H12O6/c1-7-6-10(18)12(19)11-13(20)14(21)16(22-15(7)11)8-2-4-9(17)5-3-8/h2-6,17-19,21H,1H3. The van der Waals surface area contributed by atoms with Crippen LogP contribution in [0.25, 0.3) is 22.3 Å². The highest BCUT2D eigenvalue weighted by molar-refractivity contribution is 5.91. The van der Waals surface area contributed by atoms with Crippen molar-refractivity contribution in [2.75, 3.05) is 0 Å². The van der Waals surface area contributed by atoms with E-state index in [-0.39, 0.29) is 22.5 Å². The van der Waals surface area contributed by atoms with Gasteiger partial charge < -0.3 is 24.8 Å². The first kappa shape index (κ1) is 13.8. The highest BCUT2D eigenvalue weighted by Crippen LogP contribution is 2.38. The number of fused-ring (bicyclic) bond motifs is 1. The van der Waals surface area contributed by atoms with Gasteiger partial charge in [0.15, 0.2) is 17.3 Å². The summed E-state index contributed by atoms with van der Waals surface area (Å²) in [6.45, 7) is 1.60. The van der Waals surface area contributed by atoms with Crippen LogP contribution in [0.1, 0.15) is 5.56 Å². The van der Waals surface area contributed by atoms with E-state index in [1.54, 1.807) is 6.92 Å². The number of benzene rings is 2. The molecule has 112 valence electrons. The zero-order valence-corrected chi connectivity index (χ0v) is 11.5. The van der Waals surface area contributed by atoms with E-state index in [9.17, 15) is 25.2 Å². The molecule has 0 radical (unpaired) electrons. The van der Waals surface area contributed by atoms with Crippen LogP contribution < -0.4 is 5.43 Å². The van der Waals surface area contributed by atoms with Crippen LogP contribution in [0.3, 0.4) is 0 Å². The lowest BCUT2D eigenvalue weighted by Crippen LogP contribution is -2.04. The van der Waals surface area contributed by atoms with Gasteiger partial charge >= 0.3 is 0 Å². The van der Waals surface area contributed by atoms with Crippen molar-refractivity contribution >= 4 is 11.0 Å². The predicted octanol–water partition coefficient (Wildman–Crippen LogP) is 2.59. The Morgan fingerprint density at radius 1 is 0.955 bits per heavy atom. The van der Waals surface area contributed by atoms with Crippen molar-refractivity contribution in [1.29, 1.82) is 0 Å². The fourth-order valence-corrected chi connectivity index (χ4v) is 2.29. The van der Waals surface area contributed by atoms with Crippen molar-refractivity contribution in [3.8, 4) is 34.3 Å². The minimum absolute atomic E-state index is 0.0325.